The quantitative estimate of drug-likeness (QED) is 0.434. The Morgan fingerprint density at radius 1 is 1.00 bits per heavy atom. The number of esters is 2. The molecule has 0 aromatic heterocycles. The van der Waals surface area contributed by atoms with Crippen LogP contribution < -0.4 is 0 Å². The van der Waals surface area contributed by atoms with Gasteiger partial charge in [-0.15, -0.1) is 0 Å². The van der Waals surface area contributed by atoms with E-state index in [4.69, 9.17) is 9.47 Å². The van der Waals surface area contributed by atoms with Gasteiger partial charge in [0, 0.05) is 25.7 Å². The van der Waals surface area contributed by atoms with Crippen LogP contribution in [0.25, 0.3) is 0 Å². The second kappa shape index (κ2) is 7.72. The zero-order valence-electron chi connectivity index (χ0n) is 19.8. The van der Waals surface area contributed by atoms with Crippen LogP contribution >= 0.6 is 15.9 Å². The van der Waals surface area contributed by atoms with Gasteiger partial charge < -0.3 is 14.6 Å². The maximum Gasteiger partial charge on any atom is 0.302 e. The van der Waals surface area contributed by atoms with Crippen molar-refractivity contribution in [3.8, 4) is 0 Å². The molecule has 31 heavy (non-hydrogen) atoms. The predicted octanol–water partition coefficient (Wildman–Crippen LogP) is 4.87. The highest BCUT2D eigenvalue weighted by atomic mass is 79.9. The second-order valence-corrected chi connectivity index (χ2v) is 12.9. The van der Waals surface area contributed by atoms with Crippen molar-refractivity contribution >= 4 is 27.9 Å². The summed E-state index contributed by atoms with van der Waals surface area (Å²) in [6.45, 7) is 12.1. The standard InChI is InChI=1S/C25H39BrO5/c1-13-11-17(30-15(3)27)12-25(26)22(29)14(2)21-18-7-8-20(31-16(4)28)23(18,5)10-9-19(21)24(13,25)6/h13-14,17-22,29H,7-12H2,1-6H3/t13-,14+,17+,18+,19+,20+,21+,22-,23+,24-,25-/m1/s1. The van der Waals surface area contributed by atoms with Gasteiger partial charge in [-0.2, -0.15) is 0 Å². The summed E-state index contributed by atoms with van der Waals surface area (Å²) < 4.78 is 11.0. The number of halogens is 1. The van der Waals surface area contributed by atoms with Gasteiger partial charge in [-0.05, 0) is 67.1 Å². The molecule has 4 aliphatic carbocycles. The van der Waals surface area contributed by atoms with E-state index in [1.54, 1.807) is 0 Å². The van der Waals surface area contributed by atoms with Crippen LogP contribution in [0.2, 0.25) is 0 Å². The van der Waals surface area contributed by atoms with Gasteiger partial charge in [-0.3, -0.25) is 9.59 Å². The lowest BCUT2D eigenvalue weighted by molar-refractivity contribution is -0.207. The molecular weight excluding hydrogens is 460 g/mol. The summed E-state index contributed by atoms with van der Waals surface area (Å²) in [6.07, 6.45) is 4.92. The Hall–Kier alpha value is -0.620. The number of rotatable bonds is 2. The van der Waals surface area contributed by atoms with Crippen molar-refractivity contribution in [1.82, 2.24) is 0 Å². The Labute approximate surface area is 195 Å². The predicted molar refractivity (Wildman–Crippen MR) is 121 cm³/mol. The number of fused-ring (bicyclic) bond motifs is 5. The molecule has 0 unspecified atom stereocenters. The smallest absolute Gasteiger partial charge is 0.302 e. The number of hydrogen-bond acceptors (Lipinski definition) is 5. The molecule has 4 aliphatic rings. The Morgan fingerprint density at radius 3 is 2.26 bits per heavy atom. The molecule has 0 aromatic carbocycles. The highest BCUT2D eigenvalue weighted by Gasteiger charge is 2.71. The van der Waals surface area contributed by atoms with Crippen molar-refractivity contribution < 1.29 is 24.2 Å². The van der Waals surface area contributed by atoms with Crippen LogP contribution in [-0.2, 0) is 19.1 Å². The third-order valence-electron chi connectivity index (χ3n) is 10.3. The molecule has 0 aromatic rings. The first-order chi connectivity index (χ1) is 14.4. The Bertz CT molecular complexity index is 756. The summed E-state index contributed by atoms with van der Waals surface area (Å²) in [5.74, 6) is 1.34. The van der Waals surface area contributed by atoms with Crippen LogP contribution in [0.3, 0.4) is 0 Å². The first kappa shape index (κ1) is 23.5. The minimum atomic E-state index is -0.519. The van der Waals surface area contributed by atoms with Gasteiger partial charge >= 0.3 is 11.9 Å². The van der Waals surface area contributed by atoms with Gasteiger partial charge in [-0.25, -0.2) is 0 Å². The fraction of sp³-hybridized carbons (Fsp3) is 0.920. The molecule has 1 N–H and O–H groups in total. The van der Waals surface area contributed by atoms with Gasteiger partial charge in [-0.1, -0.05) is 43.6 Å². The topological polar surface area (TPSA) is 72.8 Å². The van der Waals surface area contributed by atoms with Crippen molar-refractivity contribution in [3.05, 3.63) is 0 Å². The molecule has 4 rings (SSSR count). The van der Waals surface area contributed by atoms with Crippen molar-refractivity contribution in [3.63, 3.8) is 0 Å². The molecule has 0 radical (unpaired) electrons. The second-order valence-electron chi connectivity index (χ2n) is 11.5. The fourth-order valence-corrected chi connectivity index (χ4v) is 10.2. The summed E-state index contributed by atoms with van der Waals surface area (Å²) in [5, 5.41) is 11.7. The third kappa shape index (κ3) is 3.25. The van der Waals surface area contributed by atoms with E-state index < -0.39 is 10.4 Å². The molecule has 4 saturated carbocycles. The number of hydrogen-bond donors (Lipinski definition) is 1. The molecule has 0 saturated heterocycles. The highest BCUT2D eigenvalue weighted by molar-refractivity contribution is 9.10. The summed E-state index contributed by atoms with van der Waals surface area (Å²) in [6, 6.07) is 0. The molecule has 11 atom stereocenters. The zero-order valence-corrected chi connectivity index (χ0v) is 21.4. The number of aliphatic hydroxyl groups excluding tert-OH is 1. The maximum atomic E-state index is 11.7. The molecule has 176 valence electrons. The molecule has 4 fully saturated rings. The van der Waals surface area contributed by atoms with Crippen LogP contribution in [-0.4, -0.2) is 39.7 Å². The van der Waals surface area contributed by atoms with Crippen LogP contribution in [0.1, 0.15) is 80.1 Å². The first-order valence-electron chi connectivity index (χ1n) is 12.1. The van der Waals surface area contributed by atoms with E-state index >= 15 is 0 Å². The minimum absolute atomic E-state index is 0.0122. The molecule has 6 heteroatoms. The third-order valence-corrected chi connectivity index (χ3v) is 11.9. The Kier molecular flexibility index (Phi) is 5.86. The molecule has 5 nitrogen and oxygen atoms in total. The normalized spacial score (nSPS) is 53.7. The molecule has 0 bridgehead atoms. The highest BCUT2D eigenvalue weighted by Crippen LogP contribution is 2.71. The fourth-order valence-electron chi connectivity index (χ4n) is 8.72. The molecule has 0 spiro atoms. The zero-order chi connectivity index (χ0) is 22.9. The van der Waals surface area contributed by atoms with Gasteiger partial charge in [0.1, 0.15) is 12.2 Å². The van der Waals surface area contributed by atoms with Crippen molar-refractivity contribution in [2.24, 2.45) is 40.4 Å². The average Bonchev–Trinajstić information content (AvgIpc) is 2.98. The lowest BCUT2D eigenvalue weighted by atomic mass is 9.40. The molecule has 0 aliphatic heterocycles. The van der Waals surface area contributed by atoms with Gasteiger partial charge in [0.05, 0.1) is 10.4 Å². The SMILES string of the molecule is CC(=O)O[C@H]1C[C@@H](C)[C@]2(C)[C@H]3CC[C@]4(C)[C@@H](OC(C)=O)CC[C@H]4[C@@H]3[C@H](C)[C@@H](O)[C@]2(Br)C1. The first-order valence-corrected chi connectivity index (χ1v) is 12.9. The summed E-state index contributed by atoms with van der Waals surface area (Å²) in [4.78, 5) is 23.4. The van der Waals surface area contributed by atoms with Crippen LogP contribution in [0, 0.1) is 40.4 Å². The van der Waals surface area contributed by atoms with Crippen LogP contribution in [0.15, 0.2) is 0 Å². The maximum absolute atomic E-state index is 11.7. The van der Waals surface area contributed by atoms with Crippen molar-refractivity contribution in [1.29, 1.82) is 0 Å². The van der Waals surface area contributed by atoms with Gasteiger partial charge in [0.15, 0.2) is 0 Å². The number of carbonyl (C=O) groups is 2. The molecule has 0 amide bonds. The largest absolute Gasteiger partial charge is 0.462 e. The van der Waals surface area contributed by atoms with E-state index in [1.807, 2.05) is 0 Å². The van der Waals surface area contributed by atoms with Crippen molar-refractivity contribution in [2.75, 3.05) is 0 Å². The average molecular weight is 499 g/mol. The van der Waals surface area contributed by atoms with Gasteiger partial charge in [0.2, 0.25) is 0 Å². The Morgan fingerprint density at radius 2 is 1.65 bits per heavy atom. The monoisotopic (exact) mass is 498 g/mol. The van der Waals surface area contributed by atoms with E-state index in [0.29, 0.717) is 30.1 Å². The van der Waals surface area contributed by atoms with Crippen LogP contribution in [0.4, 0.5) is 0 Å². The minimum Gasteiger partial charge on any atom is -0.462 e. The van der Waals surface area contributed by atoms with E-state index in [2.05, 4.69) is 43.6 Å². The summed E-state index contributed by atoms with van der Waals surface area (Å²) >= 11 is 4.09. The Balaban J connectivity index is 1.70. The van der Waals surface area contributed by atoms with Crippen LogP contribution in [0.5, 0.6) is 0 Å². The number of aliphatic hydroxyl groups is 1. The van der Waals surface area contributed by atoms with Crippen molar-refractivity contribution in [2.45, 2.75) is 103 Å². The van der Waals surface area contributed by atoms with E-state index in [-0.39, 0.29) is 40.9 Å². The summed E-state index contributed by atoms with van der Waals surface area (Å²) in [5.41, 5.74) is -0.108. The lowest BCUT2D eigenvalue weighted by Gasteiger charge is -2.69. The lowest BCUT2D eigenvalue weighted by Crippen LogP contribution is -2.71. The number of carbonyl (C=O) groups excluding carboxylic acids is 2. The van der Waals surface area contributed by atoms with Gasteiger partial charge in [0.25, 0.3) is 0 Å². The van der Waals surface area contributed by atoms with E-state index in [1.165, 1.54) is 13.8 Å². The molecular formula is C25H39BrO5. The molecule has 0 heterocycles. The van der Waals surface area contributed by atoms with E-state index in [0.717, 1.165) is 32.1 Å². The number of alkyl halides is 1. The summed E-state index contributed by atoms with van der Waals surface area (Å²) in [7, 11) is 0. The number of ether oxygens (including phenoxy) is 2. The van der Waals surface area contributed by atoms with E-state index in [9.17, 15) is 14.7 Å².